The highest BCUT2D eigenvalue weighted by molar-refractivity contribution is 7.16. The van der Waals surface area contributed by atoms with E-state index < -0.39 is 0 Å². The second-order valence-corrected chi connectivity index (χ2v) is 5.25. The normalized spacial score (nSPS) is 11.7. The van der Waals surface area contributed by atoms with Gasteiger partial charge in [-0.2, -0.15) is 0 Å². The van der Waals surface area contributed by atoms with Crippen LogP contribution in [-0.4, -0.2) is 25.5 Å². The first-order valence-corrected chi connectivity index (χ1v) is 6.58. The Kier molecular flexibility index (Phi) is 8.60. The molecule has 1 aromatic rings. The van der Waals surface area contributed by atoms with E-state index in [9.17, 15) is 4.79 Å². The molecule has 98 valence electrons. The van der Waals surface area contributed by atoms with Crippen molar-refractivity contribution in [2.75, 3.05) is 19.6 Å². The summed E-state index contributed by atoms with van der Waals surface area (Å²) in [6.07, 6.45) is 0. The number of halogens is 2. The number of hydrogen-bond acceptors (Lipinski definition) is 3. The summed E-state index contributed by atoms with van der Waals surface area (Å²) < 4.78 is 0.724. The number of carbonyl (C=O) groups excluding carboxylic acids is 1. The van der Waals surface area contributed by atoms with Crippen LogP contribution in [0.2, 0.25) is 4.34 Å². The van der Waals surface area contributed by atoms with Crippen LogP contribution in [0.25, 0.3) is 0 Å². The Labute approximate surface area is 117 Å². The van der Waals surface area contributed by atoms with Gasteiger partial charge in [0.15, 0.2) is 0 Å². The summed E-state index contributed by atoms with van der Waals surface area (Å²) in [5, 5.41) is 6.04. The van der Waals surface area contributed by atoms with Crippen LogP contribution in [0.3, 0.4) is 0 Å². The third-order valence-electron chi connectivity index (χ3n) is 2.27. The highest BCUT2D eigenvalue weighted by Gasteiger charge is 2.16. The molecule has 1 rings (SSSR count). The molecule has 1 unspecified atom stereocenters. The van der Waals surface area contributed by atoms with E-state index in [1.807, 2.05) is 26.0 Å². The Hall–Kier alpha value is -0.290. The Balaban J connectivity index is 0.00000256. The molecule has 0 aliphatic heterocycles. The Morgan fingerprint density at radius 3 is 2.71 bits per heavy atom. The van der Waals surface area contributed by atoms with Crippen molar-refractivity contribution >= 4 is 41.3 Å². The predicted molar refractivity (Wildman–Crippen MR) is 76.5 cm³/mol. The van der Waals surface area contributed by atoms with Crippen molar-refractivity contribution in [3.8, 4) is 0 Å². The van der Waals surface area contributed by atoms with Crippen LogP contribution in [0.4, 0.5) is 0 Å². The van der Waals surface area contributed by atoms with Crippen LogP contribution < -0.4 is 10.6 Å². The van der Waals surface area contributed by atoms with Gasteiger partial charge < -0.3 is 10.6 Å². The van der Waals surface area contributed by atoms with Gasteiger partial charge in [0.25, 0.3) is 0 Å². The highest BCUT2D eigenvalue weighted by atomic mass is 35.5. The molecular weight excluding hydrogens is 279 g/mol. The first-order chi connectivity index (χ1) is 7.65. The van der Waals surface area contributed by atoms with E-state index in [4.69, 9.17) is 11.6 Å². The Morgan fingerprint density at radius 1 is 1.47 bits per heavy atom. The van der Waals surface area contributed by atoms with Gasteiger partial charge in [-0.1, -0.05) is 18.5 Å². The Bertz CT molecular complexity index is 344. The lowest BCUT2D eigenvalue weighted by Gasteiger charge is -2.10. The molecule has 0 fully saturated rings. The molecule has 1 amide bonds. The molecule has 0 bridgehead atoms. The third-order valence-corrected chi connectivity index (χ3v) is 3.68. The van der Waals surface area contributed by atoms with Crippen LogP contribution in [0.5, 0.6) is 0 Å². The maximum absolute atomic E-state index is 11.7. The second-order valence-electron chi connectivity index (χ2n) is 3.51. The minimum Gasteiger partial charge on any atom is -0.354 e. The first kappa shape index (κ1) is 16.7. The van der Waals surface area contributed by atoms with Crippen molar-refractivity contribution in [1.29, 1.82) is 0 Å². The fourth-order valence-corrected chi connectivity index (χ4v) is 2.41. The molecular formula is C11H18Cl2N2OS. The summed E-state index contributed by atoms with van der Waals surface area (Å²) in [6, 6.07) is 3.73. The summed E-state index contributed by atoms with van der Waals surface area (Å²) in [6.45, 7) is 6.32. The molecule has 17 heavy (non-hydrogen) atoms. The van der Waals surface area contributed by atoms with Gasteiger partial charge in [-0.05, 0) is 25.6 Å². The number of hydrogen-bond donors (Lipinski definition) is 2. The van der Waals surface area contributed by atoms with Crippen molar-refractivity contribution in [1.82, 2.24) is 10.6 Å². The number of carbonyl (C=O) groups is 1. The minimum absolute atomic E-state index is 0. The van der Waals surface area contributed by atoms with E-state index in [0.717, 1.165) is 22.3 Å². The molecule has 0 saturated heterocycles. The zero-order valence-corrected chi connectivity index (χ0v) is 12.3. The second kappa shape index (κ2) is 8.75. The molecule has 1 atom stereocenters. The van der Waals surface area contributed by atoms with E-state index in [1.54, 1.807) is 0 Å². The molecule has 3 nitrogen and oxygen atoms in total. The van der Waals surface area contributed by atoms with Gasteiger partial charge in [0.05, 0.1) is 10.3 Å². The lowest BCUT2D eigenvalue weighted by molar-refractivity contribution is -0.122. The molecule has 2 N–H and O–H groups in total. The van der Waals surface area contributed by atoms with Crippen molar-refractivity contribution in [3.63, 3.8) is 0 Å². The zero-order valence-electron chi connectivity index (χ0n) is 9.96. The average molecular weight is 297 g/mol. The molecule has 0 saturated carbocycles. The van der Waals surface area contributed by atoms with Crippen molar-refractivity contribution in [2.24, 2.45) is 0 Å². The van der Waals surface area contributed by atoms with Crippen LogP contribution in [0.1, 0.15) is 24.6 Å². The van der Waals surface area contributed by atoms with Gasteiger partial charge in [0.1, 0.15) is 0 Å². The van der Waals surface area contributed by atoms with E-state index >= 15 is 0 Å². The smallest absolute Gasteiger partial charge is 0.228 e. The quantitative estimate of drug-likeness (QED) is 0.793. The summed E-state index contributed by atoms with van der Waals surface area (Å²) >= 11 is 7.29. The van der Waals surface area contributed by atoms with Gasteiger partial charge in [-0.25, -0.2) is 0 Å². The number of amides is 1. The molecule has 0 radical (unpaired) electrons. The molecule has 0 aliphatic carbocycles. The largest absolute Gasteiger partial charge is 0.354 e. The molecule has 6 heteroatoms. The van der Waals surface area contributed by atoms with Gasteiger partial charge in [0.2, 0.25) is 5.91 Å². The molecule has 1 aromatic heterocycles. The van der Waals surface area contributed by atoms with Crippen molar-refractivity contribution in [2.45, 2.75) is 19.8 Å². The van der Waals surface area contributed by atoms with E-state index in [1.165, 1.54) is 11.3 Å². The lowest BCUT2D eigenvalue weighted by atomic mass is 10.1. The average Bonchev–Trinajstić information content (AvgIpc) is 2.70. The summed E-state index contributed by atoms with van der Waals surface area (Å²) in [5.41, 5.74) is 0. The van der Waals surface area contributed by atoms with Crippen molar-refractivity contribution < 1.29 is 4.79 Å². The monoisotopic (exact) mass is 296 g/mol. The van der Waals surface area contributed by atoms with Gasteiger partial charge >= 0.3 is 0 Å². The third kappa shape index (κ3) is 5.73. The number of rotatable bonds is 6. The fourth-order valence-electron chi connectivity index (χ4n) is 1.29. The molecule has 0 aromatic carbocycles. The summed E-state index contributed by atoms with van der Waals surface area (Å²) in [5.74, 6) is -0.0736. The minimum atomic E-state index is -0.126. The van der Waals surface area contributed by atoms with Crippen LogP contribution in [0.15, 0.2) is 12.1 Å². The number of thiophene rings is 1. The SMILES string of the molecule is CCNCCNC(=O)C(C)c1ccc(Cl)s1.Cl. The predicted octanol–water partition coefficient (Wildman–Crippen LogP) is 2.65. The van der Waals surface area contributed by atoms with Gasteiger partial charge in [0, 0.05) is 18.0 Å². The van der Waals surface area contributed by atoms with E-state index in [-0.39, 0.29) is 24.2 Å². The maximum atomic E-state index is 11.7. The summed E-state index contributed by atoms with van der Waals surface area (Å²) in [7, 11) is 0. The Morgan fingerprint density at radius 2 is 2.18 bits per heavy atom. The fraction of sp³-hybridized carbons (Fsp3) is 0.545. The molecule has 0 spiro atoms. The molecule has 0 aliphatic rings. The molecule has 1 heterocycles. The topological polar surface area (TPSA) is 41.1 Å². The van der Waals surface area contributed by atoms with Crippen LogP contribution >= 0.6 is 35.3 Å². The van der Waals surface area contributed by atoms with E-state index in [2.05, 4.69) is 10.6 Å². The first-order valence-electron chi connectivity index (χ1n) is 5.38. The van der Waals surface area contributed by atoms with Crippen LogP contribution in [0, 0.1) is 0 Å². The van der Waals surface area contributed by atoms with Gasteiger partial charge in [-0.3, -0.25) is 4.79 Å². The zero-order chi connectivity index (χ0) is 12.0. The van der Waals surface area contributed by atoms with E-state index in [0.29, 0.717) is 6.54 Å². The maximum Gasteiger partial charge on any atom is 0.228 e. The lowest BCUT2D eigenvalue weighted by Crippen LogP contribution is -2.34. The van der Waals surface area contributed by atoms with Gasteiger partial charge in [-0.15, -0.1) is 23.7 Å². The number of likely N-dealkylation sites (N-methyl/N-ethyl adjacent to an activating group) is 1. The number of nitrogens with one attached hydrogen (secondary N) is 2. The highest BCUT2D eigenvalue weighted by Crippen LogP contribution is 2.27. The standard InChI is InChI=1S/C11H17ClN2OS.ClH/c1-3-13-6-7-14-11(15)8(2)9-4-5-10(12)16-9;/h4-5,8,13H,3,6-7H2,1-2H3,(H,14,15);1H. The van der Waals surface area contributed by atoms with Crippen molar-refractivity contribution in [3.05, 3.63) is 21.3 Å². The van der Waals surface area contributed by atoms with Crippen LogP contribution in [-0.2, 0) is 4.79 Å². The summed E-state index contributed by atoms with van der Waals surface area (Å²) in [4.78, 5) is 12.7.